The molecule has 3 aromatic rings. The van der Waals surface area contributed by atoms with Gasteiger partial charge in [-0.25, -0.2) is 9.18 Å². The second-order valence-electron chi connectivity index (χ2n) is 8.45. The summed E-state index contributed by atoms with van der Waals surface area (Å²) in [6.07, 6.45) is 2.08. The minimum Gasteiger partial charge on any atom is -0.354 e. The van der Waals surface area contributed by atoms with Crippen LogP contribution >= 0.6 is 11.6 Å². The molecule has 2 aromatic carbocycles. The number of urea groups is 1. The first-order valence-electron chi connectivity index (χ1n) is 10.9. The van der Waals surface area contributed by atoms with Crippen molar-refractivity contribution >= 4 is 28.5 Å². The number of rotatable bonds is 5. The van der Waals surface area contributed by atoms with Gasteiger partial charge in [-0.3, -0.25) is 0 Å². The van der Waals surface area contributed by atoms with E-state index in [1.807, 2.05) is 35.2 Å². The quantitative estimate of drug-likeness (QED) is 0.597. The second kappa shape index (κ2) is 8.52. The van der Waals surface area contributed by atoms with Gasteiger partial charge in [-0.15, -0.1) is 0 Å². The summed E-state index contributed by atoms with van der Waals surface area (Å²) in [5, 5.41) is 4.73. The van der Waals surface area contributed by atoms with E-state index in [-0.39, 0.29) is 11.8 Å². The minimum atomic E-state index is -0.232. The average Bonchev–Trinajstić information content (AvgIpc) is 3.36. The molecular weight excluding hydrogens is 415 g/mol. The third kappa shape index (κ3) is 4.14. The van der Waals surface area contributed by atoms with E-state index in [0.29, 0.717) is 5.92 Å². The van der Waals surface area contributed by atoms with Crippen molar-refractivity contribution < 1.29 is 9.18 Å². The molecule has 5 nitrogen and oxygen atoms in total. The lowest BCUT2D eigenvalue weighted by Gasteiger charge is -2.33. The van der Waals surface area contributed by atoms with Gasteiger partial charge in [0.15, 0.2) is 0 Å². The molecule has 7 heteroatoms. The molecule has 0 spiro atoms. The van der Waals surface area contributed by atoms with Crippen LogP contribution in [-0.2, 0) is 0 Å². The Bertz CT molecular complexity index is 1090. The highest BCUT2D eigenvalue weighted by atomic mass is 35.5. The Hall–Kier alpha value is -2.57. The fraction of sp³-hybridized carbons (Fsp3) is 0.375. The first kappa shape index (κ1) is 20.3. The number of piperidine rings is 1. The molecule has 1 aromatic heterocycles. The third-order valence-corrected chi connectivity index (χ3v) is 6.80. The SMILES string of the molecule is O=C1NCCN1CCN1CCC(c2c(-c3ccc(F)cc3)[nH]c3ccc(Cl)cc23)CC1. The van der Waals surface area contributed by atoms with E-state index in [0.717, 1.165) is 79.3 Å². The Morgan fingerprint density at radius 2 is 1.81 bits per heavy atom. The number of H-pyrrole nitrogens is 1. The van der Waals surface area contributed by atoms with Gasteiger partial charge in [-0.1, -0.05) is 11.6 Å². The number of amides is 2. The molecule has 0 radical (unpaired) electrons. The molecule has 162 valence electrons. The van der Waals surface area contributed by atoms with Crippen LogP contribution in [0.5, 0.6) is 0 Å². The fourth-order valence-corrected chi connectivity index (χ4v) is 5.06. The van der Waals surface area contributed by atoms with Crippen molar-refractivity contribution in [3.63, 3.8) is 0 Å². The number of nitrogens with one attached hydrogen (secondary N) is 2. The van der Waals surface area contributed by atoms with E-state index >= 15 is 0 Å². The van der Waals surface area contributed by atoms with Crippen molar-refractivity contribution in [1.82, 2.24) is 20.1 Å². The van der Waals surface area contributed by atoms with Crippen LogP contribution in [0.1, 0.15) is 24.3 Å². The third-order valence-electron chi connectivity index (χ3n) is 6.56. The van der Waals surface area contributed by atoms with Gasteiger partial charge >= 0.3 is 6.03 Å². The van der Waals surface area contributed by atoms with Crippen LogP contribution in [0.2, 0.25) is 5.02 Å². The molecule has 2 aliphatic rings. The topological polar surface area (TPSA) is 51.4 Å². The van der Waals surface area contributed by atoms with Gasteiger partial charge in [-0.05, 0) is 85.4 Å². The summed E-state index contributed by atoms with van der Waals surface area (Å²) in [5.74, 6) is 0.169. The summed E-state index contributed by atoms with van der Waals surface area (Å²) >= 11 is 6.34. The average molecular weight is 441 g/mol. The van der Waals surface area contributed by atoms with Crippen molar-refractivity contribution in [1.29, 1.82) is 0 Å². The number of carbonyl (C=O) groups is 1. The summed E-state index contributed by atoms with van der Waals surface area (Å²) in [4.78, 5) is 19.7. The number of aromatic nitrogens is 1. The van der Waals surface area contributed by atoms with E-state index in [4.69, 9.17) is 11.6 Å². The van der Waals surface area contributed by atoms with Crippen LogP contribution < -0.4 is 5.32 Å². The maximum Gasteiger partial charge on any atom is 0.317 e. The molecule has 2 aliphatic heterocycles. The molecule has 2 amide bonds. The van der Waals surface area contributed by atoms with Crippen LogP contribution in [0.4, 0.5) is 9.18 Å². The second-order valence-corrected chi connectivity index (χ2v) is 8.88. The van der Waals surface area contributed by atoms with E-state index in [9.17, 15) is 9.18 Å². The summed E-state index contributed by atoms with van der Waals surface area (Å²) in [5.41, 5.74) is 4.39. The molecule has 2 N–H and O–H groups in total. The largest absolute Gasteiger partial charge is 0.354 e. The molecule has 0 saturated carbocycles. The predicted octanol–water partition coefficient (Wildman–Crippen LogP) is 4.83. The molecule has 0 aliphatic carbocycles. The first-order valence-corrected chi connectivity index (χ1v) is 11.3. The molecule has 0 unspecified atom stereocenters. The van der Waals surface area contributed by atoms with Crippen LogP contribution in [0.3, 0.4) is 0 Å². The normalized spacial score (nSPS) is 18.1. The van der Waals surface area contributed by atoms with Crippen LogP contribution in [-0.4, -0.2) is 60.1 Å². The molecular formula is C24H26ClFN4O. The zero-order valence-electron chi connectivity index (χ0n) is 17.3. The number of nitrogens with zero attached hydrogens (tertiary/aromatic N) is 2. The van der Waals surface area contributed by atoms with Crippen LogP contribution in [0.25, 0.3) is 22.2 Å². The fourth-order valence-electron chi connectivity index (χ4n) is 4.89. The van der Waals surface area contributed by atoms with Crippen molar-refractivity contribution in [3.8, 4) is 11.3 Å². The molecule has 0 bridgehead atoms. The van der Waals surface area contributed by atoms with E-state index in [2.05, 4.69) is 15.2 Å². The first-order chi connectivity index (χ1) is 15.1. The highest BCUT2D eigenvalue weighted by molar-refractivity contribution is 6.31. The van der Waals surface area contributed by atoms with E-state index in [1.54, 1.807) is 0 Å². The molecule has 3 heterocycles. The van der Waals surface area contributed by atoms with Crippen molar-refractivity contribution in [3.05, 3.63) is 58.9 Å². The summed E-state index contributed by atoms with van der Waals surface area (Å²) < 4.78 is 13.5. The number of fused-ring (bicyclic) bond motifs is 1. The highest BCUT2D eigenvalue weighted by Crippen LogP contribution is 2.41. The standard InChI is InChI=1S/C24H26ClFN4O/c25-18-3-6-21-20(15-18)22(23(28-21)17-1-4-19(26)5-2-17)16-7-10-29(11-8-16)13-14-30-12-9-27-24(30)31/h1-6,15-16,28H,7-14H2,(H,27,31). The Morgan fingerprint density at radius 1 is 1.03 bits per heavy atom. The van der Waals surface area contributed by atoms with E-state index in [1.165, 1.54) is 17.7 Å². The maximum absolute atomic E-state index is 13.5. The number of halogens is 2. The lowest BCUT2D eigenvalue weighted by molar-refractivity contribution is 0.181. The monoisotopic (exact) mass is 440 g/mol. The lowest BCUT2D eigenvalue weighted by atomic mass is 9.86. The Labute approximate surface area is 186 Å². The summed E-state index contributed by atoms with van der Waals surface area (Å²) in [6, 6.07) is 12.7. The number of hydrogen-bond donors (Lipinski definition) is 2. The molecule has 31 heavy (non-hydrogen) atoms. The van der Waals surface area contributed by atoms with Gasteiger partial charge in [0.25, 0.3) is 0 Å². The van der Waals surface area contributed by atoms with Gasteiger partial charge in [0.2, 0.25) is 0 Å². The molecule has 2 fully saturated rings. The Balaban J connectivity index is 1.37. The minimum absolute atomic E-state index is 0.0505. The zero-order valence-corrected chi connectivity index (χ0v) is 18.1. The number of likely N-dealkylation sites (tertiary alicyclic amines) is 1. The molecule has 0 atom stereocenters. The number of aromatic amines is 1. The molecule has 5 rings (SSSR count). The maximum atomic E-state index is 13.5. The van der Waals surface area contributed by atoms with Crippen molar-refractivity contribution in [2.24, 2.45) is 0 Å². The smallest absolute Gasteiger partial charge is 0.317 e. The van der Waals surface area contributed by atoms with Gasteiger partial charge < -0.3 is 20.1 Å². The molecule has 2 saturated heterocycles. The Morgan fingerprint density at radius 3 is 2.52 bits per heavy atom. The predicted molar refractivity (Wildman–Crippen MR) is 122 cm³/mol. The van der Waals surface area contributed by atoms with Gasteiger partial charge in [0.05, 0.1) is 0 Å². The number of benzene rings is 2. The van der Waals surface area contributed by atoms with Gasteiger partial charge in [0, 0.05) is 47.8 Å². The van der Waals surface area contributed by atoms with E-state index < -0.39 is 0 Å². The number of carbonyl (C=O) groups excluding carboxylic acids is 1. The van der Waals surface area contributed by atoms with Gasteiger partial charge in [-0.2, -0.15) is 0 Å². The highest BCUT2D eigenvalue weighted by Gasteiger charge is 2.27. The van der Waals surface area contributed by atoms with Crippen molar-refractivity contribution in [2.75, 3.05) is 39.3 Å². The van der Waals surface area contributed by atoms with Crippen molar-refractivity contribution in [2.45, 2.75) is 18.8 Å². The summed E-state index contributed by atoms with van der Waals surface area (Å²) in [6.45, 7) is 5.22. The van der Waals surface area contributed by atoms with Crippen LogP contribution in [0.15, 0.2) is 42.5 Å². The van der Waals surface area contributed by atoms with Gasteiger partial charge in [0.1, 0.15) is 5.82 Å². The number of hydrogen-bond acceptors (Lipinski definition) is 2. The van der Waals surface area contributed by atoms with Crippen LogP contribution in [0, 0.1) is 5.82 Å². The Kier molecular flexibility index (Phi) is 5.59. The zero-order chi connectivity index (χ0) is 21.4. The summed E-state index contributed by atoms with van der Waals surface area (Å²) in [7, 11) is 0. The lowest BCUT2D eigenvalue weighted by Crippen LogP contribution is -2.40.